The van der Waals surface area contributed by atoms with Crippen molar-refractivity contribution >= 4 is 23.3 Å². The normalized spacial score (nSPS) is 23.4. The van der Waals surface area contributed by atoms with Gasteiger partial charge in [-0.3, -0.25) is 4.79 Å². The number of cyclic esters (lactones) is 1. The van der Waals surface area contributed by atoms with Crippen molar-refractivity contribution in [1.29, 1.82) is 0 Å². The Morgan fingerprint density at radius 3 is 2.53 bits per heavy atom. The summed E-state index contributed by atoms with van der Waals surface area (Å²) in [6.07, 6.45) is 3.53. The van der Waals surface area contributed by atoms with E-state index in [1.807, 2.05) is 17.8 Å². The molecule has 0 bridgehead atoms. The van der Waals surface area contributed by atoms with Crippen molar-refractivity contribution in [2.75, 3.05) is 0 Å². The Balaban J connectivity index is 1.87. The third-order valence-electron chi connectivity index (χ3n) is 5.62. The van der Waals surface area contributed by atoms with Crippen LogP contribution in [0.2, 0.25) is 0 Å². The number of fused-ring (bicyclic) bond motifs is 1. The number of rotatable bonds is 3. The van der Waals surface area contributed by atoms with Gasteiger partial charge in [-0.15, -0.1) is 11.8 Å². The van der Waals surface area contributed by atoms with E-state index in [1.54, 1.807) is 0 Å². The summed E-state index contributed by atoms with van der Waals surface area (Å²) in [5.41, 5.74) is 7.32. The zero-order chi connectivity index (χ0) is 21.5. The zero-order valence-electron chi connectivity index (χ0n) is 17.9. The van der Waals surface area contributed by atoms with E-state index < -0.39 is 12.2 Å². The Hall–Kier alpha value is -2.30. The lowest BCUT2D eigenvalue weighted by molar-refractivity contribution is -0.156. The number of ether oxygens (including phenoxy) is 1. The molecule has 2 aromatic rings. The molecule has 2 atom stereocenters. The van der Waals surface area contributed by atoms with Crippen LogP contribution in [-0.4, -0.2) is 28.0 Å². The average molecular weight is 421 g/mol. The van der Waals surface area contributed by atoms with E-state index in [-0.39, 0.29) is 17.1 Å². The average Bonchev–Trinajstić information content (AvgIpc) is 2.63. The molecule has 2 heterocycles. The lowest BCUT2D eigenvalue weighted by atomic mass is 9.85. The fourth-order valence-corrected chi connectivity index (χ4v) is 5.64. The van der Waals surface area contributed by atoms with Crippen LogP contribution in [-0.2, 0) is 9.53 Å². The van der Waals surface area contributed by atoms with Gasteiger partial charge in [-0.2, -0.15) is 0 Å². The first-order chi connectivity index (χ1) is 14.2. The summed E-state index contributed by atoms with van der Waals surface area (Å²) < 4.78 is 5.29. The van der Waals surface area contributed by atoms with Crippen molar-refractivity contribution in [3.8, 4) is 0 Å². The maximum atomic E-state index is 11.8. The molecule has 2 aliphatic rings. The van der Waals surface area contributed by atoms with E-state index >= 15 is 0 Å². The number of aliphatic hydroxyl groups is 1. The number of thioether (sulfide) groups is 1. The summed E-state index contributed by atoms with van der Waals surface area (Å²) in [7, 11) is 0. The second-order valence-electron chi connectivity index (χ2n) is 8.75. The second kappa shape index (κ2) is 8.09. The van der Waals surface area contributed by atoms with Gasteiger partial charge in [0.2, 0.25) is 0 Å². The number of esters is 1. The lowest BCUT2D eigenvalue weighted by Crippen LogP contribution is -2.31. The minimum Gasteiger partial charge on any atom is -0.458 e. The molecule has 156 valence electrons. The lowest BCUT2D eigenvalue weighted by Gasteiger charge is -2.35. The van der Waals surface area contributed by atoms with Crippen LogP contribution < -0.4 is 0 Å². The fraction of sp³-hybridized carbons (Fsp3) is 0.346. The summed E-state index contributed by atoms with van der Waals surface area (Å²) in [4.78, 5) is 13.0. The topological polar surface area (TPSA) is 46.5 Å². The van der Waals surface area contributed by atoms with Gasteiger partial charge in [-0.1, -0.05) is 53.6 Å². The summed E-state index contributed by atoms with van der Waals surface area (Å²) in [5, 5.41) is 9.96. The predicted molar refractivity (Wildman–Crippen MR) is 123 cm³/mol. The number of aryl methyl sites for hydroxylation is 2. The summed E-state index contributed by atoms with van der Waals surface area (Å²) in [6, 6.07) is 15.2. The first-order valence-corrected chi connectivity index (χ1v) is 11.2. The smallest absolute Gasteiger partial charge is 0.309 e. The Morgan fingerprint density at radius 2 is 1.83 bits per heavy atom. The van der Waals surface area contributed by atoms with Crippen LogP contribution in [0.4, 0.5) is 0 Å². The summed E-state index contributed by atoms with van der Waals surface area (Å²) >= 11 is 1.85. The fourth-order valence-electron chi connectivity index (χ4n) is 4.38. The molecule has 0 amide bonds. The molecular weight excluding hydrogens is 392 g/mol. The summed E-state index contributed by atoms with van der Waals surface area (Å²) in [6.45, 7) is 8.73. The van der Waals surface area contributed by atoms with E-state index in [4.69, 9.17) is 4.74 Å². The maximum absolute atomic E-state index is 11.8. The highest BCUT2D eigenvalue weighted by molar-refractivity contribution is 8.01. The highest BCUT2D eigenvalue weighted by Gasteiger charge is 2.34. The first kappa shape index (κ1) is 21.0. The van der Waals surface area contributed by atoms with E-state index in [0.29, 0.717) is 6.42 Å². The van der Waals surface area contributed by atoms with Gasteiger partial charge in [0.25, 0.3) is 0 Å². The third kappa shape index (κ3) is 4.26. The van der Waals surface area contributed by atoms with Crippen LogP contribution in [0.5, 0.6) is 0 Å². The van der Waals surface area contributed by atoms with Gasteiger partial charge in [-0.05, 0) is 62.1 Å². The van der Waals surface area contributed by atoms with Gasteiger partial charge in [0.15, 0.2) is 0 Å². The van der Waals surface area contributed by atoms with E-state index in [1.165, 1.54) is 38.3 Å². The number of carbonyl (C=O) groups is 1. The molecule has 2 aliphatic heterocycles. The van der Waals surface area contributed by atoms with Crippen molar-refractivity contribution in [1.82, 2.24) is 0 Å². The van der Waals surface area contributed by atoms with Crippen LogP contribution in [0.1, 0.15) is 48.9 Å². The monoisotopic (exact) mass is 420 g/mol. The molecule has 30 heavy (non-hydrogen) atoms. The highest BCUT2D eigenvalue weighted by Crippen LogP contribution is 2.51. The van der Waals surface area contributed by atoms with Crippen molar-refractivity contribution in [2.24, 2.45) is 0 Å². The van der Waals surface area contributed by atoms with Gasteiger partial charge in [0.1, 0.15) is 6.10 Å². The number of aliphatic hydroxyl groups excluding tert-OH is 1. The standard InChI is InChI=1S/C26H28O3S/c1-16-11-17(2)13-18(12-16)25-21-7-5-6-8-23(21)30-26(3,4)22(25)10-9-20-14-19(27)15-24(28)29-20/h5-13,19-20,27H,14-15H2,1-4H3/t19-,20-/m0/s1. The maximum Gasteiger partial charge on any atom is 0.309 e. The molecule has 1 N–H and O–H groups in total. The molecule has 0 saturated carbocycles. The van der Waals surface area contributed by atoms with Crippen LogP contribution >= 0.6 is 11.8 Å². The number of hydrogen-bond acceptors (Lipinski definition) is 4. The van der Waals surface area contributed by atoms with Crippen molar-refractivity contribution < 1.29 is 14.6 Å². The molecule has 1 fully saturated rings. The van der Waals surface area contributed by atoms with Gasteiger partial charge >= 0.3 is 5.97 Å². The van der Waals surface area contributed by atoms with Crippen molar-refractivity contribution in [3.63, 3.8) is 0 Å². The Bertz CT molecular complexity index is 1030. The molecule has 0 unspecified atom stereocenters. The molecule has 1 saturated heterocycles. The van der Waals surface area contributed by atoms with E-state index in [2.05, 4.69) is 76.2 Å². The number of benzene rings is 2. The molecule has 0 aromatic heterocycles. The Kier molecular flexibility index (Phi) is 5.65. The van der Waals surface area contributed by atoms with E-state index in [9.17, 15) is 9.90 Å². The third-order valence-corrected chi connectivity index (χ3v) is 6.92. The Labute approximate surface area is 182 Å². The number of allylic oxidation sites excluding steroid dienone is 1. The molecule has 4 heteroatoms. The molecular formula is C26H28O3S. The van der Waals surface area contributed by atoms with Gasteiger partial charge in [0, 0.05) is 16.1 Å². The van der Waals surface area contributed by atoms with Gasteiger partial charge in [0.05, 0.1) is 12.5 Å². The van der Waals surface area contributed by atoms with Crippen LogP contribution in [0.15, 0.2) is 65.1 Å². The zero-order valence-corrected chi connectivity index (χ0v) is 18.8. The second-order valence-corrected chi connectivity index (χ2v) is 10.4. The van der Waals surface area contributed by atoms with E-state index in [0.717, 1.165) is 0 Å². The minimum atomic E-state index is -0.636. The Morgan fingerprint density at radius 1 is 1.13 bits per heavy atom. The molecule has 0 aliphatic carbocycles. The molecule has 4 rings (SSSR count). The first-order valence-electron chi connectivity index (χ1n) is 10.4. The van der Waals surface area contributed by atoms with Gasteiger partial charge < -0.3 is 9.84 Å². The SMILES string of the molecule is Cc1cc(C)cc(C2=C(C=C[C@H]3C[C@H](O)CC(=O)O3)C(C)(C)Sc3ccccc32)c1. The summed E-state index contributed by atoms with van der Waals surface area (Å²) in [5.74, 6) is -0.338. The predicted octanol–water partition coefficient (Wildman–Crippen LogP) is 5.61. The van der Waals surface area contributed by atoms with Crippen LogP contribution in [0.25, 0.3) is 5.57 Å². The van der Waals surface area contributed by atoms with Crippen LogP contribution in [0.3, 0.4) is 0 Å². The molecule has 2 aromatic carbocycles. The minimum absolute atomic E-state index is 0.0789. The highest BCUT2D eigenvalue weighted by atomic mass is 32.2. The van der Waals surface area contributed by atoms with Crippen molar-refractivity contribution in [2.45, 2.75) is 62.4 Å². The van der Waals surface area contributed by atoms with Gasteiger partial charge in [-0.25, -0.2) is 0 Å². The number of carbonyl (C=O) groups excluding carboxylic acids is 1. The number of hydrogen-bond donors (Lipinski definition) is 1. The molecule has 3 nitrogen and oxygen atoms in total. The van der Waals surface area contributed by atoms with Crippen LogP contribution in [0, 0.1) is 13.8 Å². The largest absolute Gasteiger partial charge is 0.458 e. The quantitative estimate of drug-likeness (QED) is 0.656. The molecule has 0 radical (unpaired) electrons. The van der Waals surface area contributed by atoms with Crippen molar-refractivity contribution in [3.05, 3.63) is 82.4 Å². The molecule has 0 spiro atoms.